The molecule has 0 aliphatic carbocycles. The van der Waals surface area contributed by atoms with E-state index in [0.717, 1.165) is 0 Å². The maximum atomic E-state index is 12.4. The van der Waals surface area contributed by atoms with Gasteiger partial charge in [-0.15, -0.1) is 0 Å². The molecule has 8 heteroatoms. The number of carbonyl (C=O) groups is 2. The van der Waals surface area contributed by atoms with Crippen molar-refractivity contribution in [3.8, 4) is 5.75 Å². The van der Waals surface area contributed by atoms with Crippen LogP contribution in [0.1, 0.15) is 26.3 Å². The number of alkyl halides is 3. The van der Waals surface area contributed by atoms with Gasteiger partial charge in [-0.25, -0.2) is 0 Å². The predicted octanol–water partition coefficient (Wildman–Crippen LogP) is 2.60. The quantitative estimate of drug-likeness (QED) is 0.725. The van der Waals surface area contributed by atoms with Crippen molar-refractivity contribution in [1.82, 2.24) is 5.32 Å². The molecule has 1 atom stereocenters. The van der Waals surface area contributed by atoms with Gasteiger partial charge < -0.3 is 15.7 Å². The Hall–Kier alpha value is -2.25. The first kappa shape index (κ1) is 18.8. The monoisotopic (exact) mass is 332 g/mol. The Kier molecular flexibility index (Phi) is 6.00. The predicted molar refractivity (Wildman–Crippen MR) is 78.9 cm³/mol. The van der Waals surface area contributed by atoms with Crippen molar-refractivity contribution in [2.24, 2.45) is 5.92 Å². The Bertz CT molecular complexity index is 586. The van der Waals surface area contributed by atoms with Crippen molar-refractivity contribution in [3.05, 3.63) is 23.8 Å². The molecule has 5 nitrogen and oxygen atoms in total. The van der Waals surface area contributed by atoms with E-state index in [1.165, 1.54) is 32.0 Å². The molecule has 128 valence electrons. The Balaban J connectivity index is 2.93. The van der Waals surface area contributed by atoms with Crippen LogP contribution in [-0.2, 0) is 16.0 Å². The van der Waals surface area contributed by atoms with Gasteiger partial charge in [0.05, 0.1) is 0 Å². The number of halogens is 3. The number of hydrogen-bond donors (Lipinski definition) is 3. The molecule has 0 aliphatic heterocycles. The molecule has 0 bridgehead atoms. The van der Waals surface area contributed by atoms with Crippen molar-refractivity contribution in [3.63, 3.8) is 0 Å². The molecule has 0 fully saturated rings. The molecule has 1 aromatic carbocycles. The molecule has 0 unspecified atom stereocenters. The number of anilines is 1. The van der Waals surface area contributed by atoms with Gasteiger partial charge in [-0.3, -0.25) is 9.59 Å². The largest absolute Gasteiger partial charge is 0.508 e. The van der Waals surface area contributed by atoms with Gasteiger partial charge in [0.1, 0.15) is 11.8 Å². The fraction of sp³-hybridized carbons (Fsp3) is 0.467. The van der Waals surface area contributed by atoms with E-state index in [4.69, 9.17) is 0 Å². The van der Waals surface area contributed by atoms with Crippen LogP contribution < -0.4 is 10.6 Å². The number of phenolic OH excluding ortho intramolecular Hbond substituents is 1. The van der Waals surface area contributed by atoms with Crippen LogP contribution in [0.4, 0.5) is 18.9 Å². The van der Waals surface area contributed by atoms with Crippen LogP contribution in [0, 0.1) is 5.92 Å². The molecule has 1 rings (SSSR count). The number of rotatable bonds is 5. The summed E-state index contributed by atoms with van der Waals surface area (Å²) in [5.41, 5.74) is 1.00. The summed E-state index contributed by atoms with van der Waals surface area (Å²) < 4.78 is 37.1. The van der Waals surface area contributed by atoms with Gasteiger partial charge in [0.15, 0.2) is 0 Å². The number of phenols is 1. The number of amides is 2. The minimum Gasteiger partial charge on any atom is -0.508 e. The van der Waals surface area contributed by atoms with Crippen LogP contribution in [0.3, 0.4) is 0 Å². The van der Waals surface area contributed by atoms with Crippen LogP contribution >= 0.6 is 0 Å². The molecular weight excluding hydrogens is 313 g/mol. The lowest BCUT2D eigenvalue weighted by Crippen LogP contribution is -2.51. The maximum Gasteiger partial charge on any atom is 0.471 e. The van der Waals surface area contributed by atoms with Gasteiger partial charge in [0.2, 0.25) is 5.91 Å². The third-order valence-corrected chi connectivity index (χ3v) is 3.22. The van der Waals surface area contributed by atoms with Gasteiger partial charge in [-0.2, -0.15) is 13.2 Å². The molecule has 0 heterocycles. The third-order valence-electron chi connectivity index (χ3n) is 3.22. The molecule has 0 saturated heterocycles. The highest BCUT2D eigenvalue weighted by Crippen LogP contribution is 2.22. The molecule has 3 N–H and O–H groups in total. The van der Waals surface area contributed by atoms with E-state index in [-0.39, 0.29) is 5.75 Å². The lowest BCUT2D eigenvalue weighted by molar-refractivity contribution is -0.175. The van der Waals surface area contributed by atoms with Crippen LogP contribution in [0.5, 0.6) is 5.75 Å². The SMILES string of the molecule is CCc1cc(O)ccc1NC(=O)[C@@H](NC(=O)C(F)(F)F)C(C)C. The zero-order valence-corrected chi connectivity index (χ0v) is 13.0. The Morgan fingerprint density at radius 3 is 2.35 bits per heavy atom. The lowest BCUT2D eigenvalue weighted by atomic mass is 10.0. The highest BCUT2D eigenvalue weighted by molar-refractivity contribution is 5.98. The van der Waals surface area contributed by atoms with Crippen molar-refractivity contribution >= 4 is 17.5 Å². The molecule has 23 heavy (non-hydrogen) atoms. The first-order valence-corrected chi connectivity index (χ1v) is 7.06. The van der Waals surface area contributed by atoms with E-state index in [1.807, 2.05) is 0 Å². The van der Waals surface area contributed by atoms with Gasteiger partial charge in [-0.1, -0.05) is 20.8 Å². The Morgan fingerprint density at radius 1 is 1.26 bits per heavy atom. The first-order chi connectivity index (χ1) is 10.6. The summed E-state index contributed by atoms with van der Waals surface area (Å²) in [5.74, 6) is -3.43. The van der Waals surface area contributed by atoms with Crippen LogP contribution in [0.25, 0.3) is 0 Å². The standard InChI is InChI=1S/C15H19F3N2O3/c1-4-9-7-10(21)5-6-11(9)19-13(22)12(8(2)3)20-14(23)15(16,17)18/h5-8,12,21H,4H2,1-3H3,(H,19,22)(H,20,23)/t12-/m0/s1. The van der Waals surface area contributed by atoms with E-state index in [9.17, 15) is 27.9 Å². The molecule has 1 aromatic rings. The topological polar surface area (TPSA) is 78.4 Å². The number of aryl methyl sites for hydroxylation is 1. The number of carbonyl (C=O) groups excluding carboxylic acids is 2. The second-order valence-corrected chi connectivity index (χ2v) is 5.38. The highest BCUT2D eigenvalue weighted by Gasteiger charge is 2.41. The molecule has 0 aliphatic rings. The normalized spacial score (nSPS) is 12.8. The van der Waals surface area contributed by atoms with Crippen molar-refractivity contribution in [1.29, 1.82) is 0 Å². The average molecular weight is 332 g/mol. The number of benzene rings is 1. The Labute approximate surface area is 131 Å². The van der Waals surface area contributed by atoms with Crippen LogP contribution in [0.2, 0.25) is 0 Å². The molecule has 0 radical (unpaired) electrons. The van der Waals surface area contributed by atoms with E-state index < -0.39 is 30.0 Å². The summed E-state index contributed by atoms with van der Waals surface area (Å²) in [7, 11) is 0. The zero-order chi connectivity index (χ0) is 17.8. The second-order valence-electron chi connectivity index (χ2n) is 5.38. The third kappa shape index (κ3) is 5.15. The molecule has 0 spiro atoms. The highest BCUT2D eigenvalue weighted by atomic mass is 19.4. The first-order valence-electron chi connectivity index (χ1n) is 7.06. The van der Waals surface area contributed by atoms with Crippen molar-refractivity contribution in [2.45, 2.75) is 39.4 Å². The van der Waals surface area contributed by atoms with E-state index in [0.29, 0.717) is 17.7 Å². The van der Waals surface area contributed by atoms with E-state index in [1.54, 1.807) is 12.2 Å². The van der Waals surface area contributed by atoms with Gasteiger partial charge in [0, 0.05) is 5.69 Å². The van der Waals surface area contributed by atoms with Crippen molar-refractivity contribution in [2.75, 3.05) is 5.32 Å². The van der Waals surface area contributed by atoms with Gasteiger partial charge in [-0.05, 0) is 36.1 Å². The summed E-state index contributed by atoms with van der Waals surface area (Å²) in [4.78, 5) is 23.3. The lowest BCUT2D eigenvalue weighted by Gasteiger charge is -2.23. The second kappa shape index (κ2) is 7.34. The van der Waals surface area contributed by atoms with Gasteiger partial charge >= 0.3 is 12.1 Å². The Morgan fingerprint density at radius 2 is 1.87 bits per heavy atom. The van der Waals surface area contributed by atoms with E-state index >= 15 is 0 Å². The number of aromatic hydroxyl groups is 1. The van der Waals surface area contributed by atoms with Crippen LogP contribution in [0.15, 0.2) is 18.2 Å². The summed E-state index contributed by atoms with van der Waals surface area (Å²) >= 11 is 0. The minimum atomic E-state index is -5.06. The summed E-state index contributed by atoms with van der Waals surface area (Å²) in [6.07, 6.45) is -4.55. The maximum absolute atomic E-state index is 12.4. The summed E-state index contributed by atoms with van der Waals surface area (Å²) in [6.45, 7) is 4.85. The zero-order valence-electron chi connectivity index (χ0n) is 13.0. The number of nitrogens with one attached hydrogen (secondary N) is 2. The summed E-state index contributed by atoms with van der Waals surface area (Å²) in [6, 6.07) is 2.93. The molecule has 2 amide bonds. The van der Waals surface area contributed by atoms with Crippen LogP contribution in [-0.4, -0.2) is 29.1 Å². The van der Waals surface area contributed by atoms with E-state index in [2.05, 4.69) is 5.32 Å². The summed E-state index contributed by atoms with van der Waals surface area (Å²) in [5, 5.41) is 13.6. The van der Waals surface area contributed by atoms with Gasteiger partial charge in [0.25, 0.3) is 0 Å². The average Bonchev–Trinajstić information content (AvgIpc) is 2.44. The van der Waals surface area contributed by atoms with Crippen molar-refractivity contribution < 1.29 is 27.9 Å². The molecule has 0 saturated carbocycles. The minimum absolute atomic E-state index is 0.0191. The smallest absolute Gasteiger partial charge is 0.471 e. The number of hydrogen-bond acceptors (Lipinski definition) is 3. The molecule has 0 aromatic heterocycles. The fourth-order valence-corrected chi connectivity index (χ4v) is 1.96. The molecular formula is C15H19F3N2O3. The fourth-order valence-electron chi connectivity index (χ4n) is 1.96.